The summed E-state index contributed by atoms with van der Waals surface area (Å²) < 4.78 is 18.1. The molecule has 1 aliphatic carbocycles. The Kier molecular flexibility index (Phi) is 2.46. The van der Waals surface area contributed by atoms with Crippen molar-refractivity contribution in [1.29, 1.82) is 0 Å². The van der Waals surface area contributed by atoms with E-state index in [1.165, 1.54) is 0 Å². The van der Waals surface area contributed by atoms with Crippen LogP contribution in [0.4, 0.5) is 5.69 Å². The third-order valence-corrected chi connectivity index (χ3v) is 4.89. The first kappa shape index (κ1) is 12.5. The highest BCUT2D eigenvalue weighted by molar-refractivity contribution is 6.62. The van der Waals surface area contributed by atoms with E-state index >= 15 is 0 Å². The van der Waals surface area contributed by atoms with Gasteiger partial charge in [-0.1, -0.05) is 6.07 Å². The number of fused-ring (bicyclic) bond motifs is 1. The molecular formula is C15H20BNO3. The van der Waals surface area contributed by atoms with Gasteiger partial charge in [-0.15, -0.1) is 0 Å². The van der Waals surface area contributed by atoms with Gasteiger partial charge in [0.25, 0.3) is 0 Å². The fourth-order valence-corrected chi connectivity index (χ4v) is 3.24. The van der Waals surface area contributed by atoms with Crippen LogP contribution >= 0.6 is 0 Å². The van der Waals surface area contributed by atoms with Crippen LogP contribution in [0.1, 0.15) is 26.7 Å². The van der Waals surface area contributed by atoms with Gasteiger partial charge in [0.15, 0.2) is 0 Å². The average molecular weight is 273 g/mol. The molecule has 0 atom stereocenters. The zero-order valence-corrected chi connectivity index (χ0v) is 12.3. The summed E-state index contributed by atoms with van der Waals surface area (Å²) in [5, 5.41) is 0. The summed E-state index contributed by atoms with van der Waals surface area (Å²) in [5.74, 6) is 0.929. The second-order valence-electron chi connectivity index (χ2n) is 6.57. The Morgan fingerprint density at radius 2 is 2.00 bits per heavy atom. The smallest absolute Gasteiger partial charge is 0.490 e. The number of hydrogen-bond acceptors (Lipinski definition) is 4. The Hall–Kier alpha value is -1.20. The molecule has 2 heterocycles. The van der Waals surface area contributed by atoms with E-state index in [-0.39, 0.29) is 18.3 Å². The highest BCUT2D eigenvalue weighted by atomic mass is 16.7. The Balaban J connectivity index is 1.64. The molecule has 1 aromatic carbocycles. The van der Waals surface area contributed by atoms with Crippen LogP contribution in [0.5, 0.6) is 5.75 Å². The van der Waals surface area contributed by atoms with Crippen LogP contribution < -0.4 is 15.1 Å². The first-order valence-corrected chi connectivity index (χ1v) is 7.34. The number of likely N-dealkylation sites (N-methyl/N-ethyl adjacent to an activating group) is 1. The molecule has 5 heteroatoms. The number of anilines is 1. The van der Waals surface area contributed by atoms with Crippen molar-refractivity contribution in [1.82, 2.24) is 0 Å². The van der Waals surface area contributed by atoms with Crippen LogP contribution in [-0.4, -0.2) is 38.5 Å². The Bertz CT molecular complexity index is 550. The lowest BCUT2D eigenvalue weighted by atomic mass is 9.79. The maximum Gasteiger partial charge on any atom is 0.494 e. The van der Waals surface area contributed by atoms with Gasteiger partial charge in [0.1, 0.15) is 12.4 Å². The van der Waals surface area contributed by atoms with Crippen LogP contribution in [0, 0.1) is 0 Å². The molecule has 0 amide bonds. The summed E-state index contributed by atoms with van der Waals surface area (Å²) in [6.45, 7) is 5.92. The Labute approximate surface area is 120 Å². The molecule has 4 rings (SSSR count). The summed E-state index contributed by atoms with van der Waals surface area (Å²) in [5.41, 5.74) is 1.92. The summed E-state index contributed by atoms with van der Waals surface area (Å²) >= 11 is 0. The third kappa shape index (κ3) is 1.69. The minimum Gasteiger partial charge on any atom is -0.490 e. The van der Waals surface area contributed by atoms with E-state index in [0.29, 0.717) is 0 Å². The predicted octanol–water partition coefficient (Wildman–Crippen LogP) is 1.57. The summed E-state index contributed by atoms with van der Waals surface area (Å²) in [6.07, 6.45) is 2.20. The highest BCUT2D eigenvalue weighted by Gasteiger charge is 2.64. The van der Waals surface area contributed by atoms with Crippen LogP contribution in [0.2, 0.25) is 0 Å². The van der Waals surface area contributed by atoms with Crippen LogP contribution in [-0.2, 0) is 9.31 Å². The van der Waals surface area contributed by atoms with Crippen molar-refractivity contribution < 1.29 is 14.0 Å². The van der Waals surface area contributed by atoms with E-state index < -0.39 is 0 Å². The molecule has 0 unspecified atom stereocenters. The molecule has 0 bridgehead atoms. The van der Waals surface area contributed by atoms with Gasteiger partial charge in [0.2, 0.25) is 0 Å². The van der Waals surface area contributed by atoms with E-state index in [1.54, 1.807) is 0 Å². The monoisotopic (exact) mass is 273 g/mol. The van der Waals surface area contributed by atoms with Crippen molar-refractivity contribution >= 4 is 18.3 Å². The third-order valence-electron chi connectivity index (χ3n) is 4.89. The molecule has 1 saturated heterocycles. The molecular weight excluding hydrogens is 253 g/mol. The number of rotatable bonds is 1. The van der Waals surface area contributed by atoms with Gasteiger partial charge in [-0.05, 0) is 44.3 Å². The number of nitrogens with zero attached hydrogens (tertiary/aromatic N) is 1. The molecule has 1 spiro atoms. The van der Waals surface area contributed by atoms with E-state index in [0.717, 1.165) is 42.9 Å². The quantitative estimate of drug-likeness (QED) is 0.727. The Morgan fingerprint density at radius 3 is 2.70 bits per heavy atom. The topological polar surface area (TPSA) is 30.9 Å². The van der Waals surface area contributed by atoms with Gasteiger partial charge in [0.05, 0.1) is 23.4 Å². The van der Waals surface area contributed by atoms with E-state index in [9.17, 15) is 0 Å². The SMILES string of the molecule is CN1CCOc2cc(B3OC(C)(C)C4(CC4)O3)ccc21. The van der Waals surface area contributed by atoms with Crippen molar-refractivity contribution in [3.8, 4) is 5.75 Å². The van der Waals surface area contributed by atoms with Crippen LogP contribution in [0.3, 0.4) is 0 Å². The fraction of sp³-hybridized carbons (Fsp3) is 0.600. The molecule has 2 aliphatic heterocycles. The second kappa shape index (κ2) is 3.92. The normalized spacial score (nSPS) is 25.6. The lowest BCUT2D eigenvalue weighted by Crippen LogP contribution is -2.36. The summed E-state index contributed by atoms with van der Waals surface area (Å²) in [7, 11) is 1.82. The fourth-order valence-electron chi connectivity index (χ4n) is 3.24. The van der Waals surface area contributed by atoms with Crippen molar-refractivity contribution in [3.05, 3.63) is 18.2 Å². The van der Waals surface area contributed by atoms with E-state index in [1.807, 2.05) is 0 Å². The van der Waals surface area contributed by atoms with Crippen molar-refractivity contribution in [2.24, 2.45) is 0 Å². The summed E-state index contributed by atoms with van der Waals surface area (Å²) in [4.78, 5) is 2.21. The van der Waals surface area contributed by atoms with Crippen molar-refractivity contribution in [2.75, 3.05) is 25.1 Å². The highest BCUT2D eigenvalue weighted by Crippen LogP contribution is 2.54. The summed E-state index contributed by atoms with van der Waals surface area (Å²) in [6, 6.07) is 6.25. The first-order chi connectivity index (χ1) is 9.51. The van der Waals surface area contributed by atoms with Gasteiger partial charge >= 0.3 is 7.12 Å². The standard InChI is InChI=1S/C15H20BNO3/c1-14(2)15(6-7-15)20-16(19-14)11-4-5-12-13(10-11)18-9-8-17(12)3/h4-5,10H,6-9H2,1-3H3. The van der Waals surface area contributed by atoms with E-state index in [2.05, 4.69) is 44.0 Å². The molecule has 106 valence electrons. The zero-order chi connectivity index (χ0) is 14.0. The zero-order valence-electron chi connectivity index (χ0n) is 12.3. The minimum absolute atomic E-state index is 0.0643. The average Bonchev–Trinajstić information content (AvgIpc) is 3.13. The molecule has 0 aromatic heterocycles. The molecule has 1 aromatic rings. The largest absolute Gasteiger partial charge is 0.494 e. The molecule has 2 fully saturated rings. The molecule has 3 aliphatic rings. The molecule has 0 N–H and O–H groups in total. The predicted molar refractivity (Wildman–Crippen MR) is 78.8 cm³/mol. The van der Waals surface area contributed by atoms with Gasteiger partial charge < -0.3 is 18.9 Å². The first-order valence-electron chi connectivity index (χ1n) is 7.34. The maximum atomic E-state index is 6.19. The minimum atomic E-state index is -0.270. The maximum absolute atomic E-state index is 6.19. The number of hydrogen-bond donors (Lipinski definition) is 0. The number of benzene rings is 1. The van der Waals surface area contributed by atoms with E-state index in [4.69, 9.17) is 14.0 Å². The number of ether oxygens (including phenoxy) is 1. The lowest BCUT2D eigenvalue weighted by molar-refractivity contribution is 0.0546. The van der Waals surface area contributed by atoms with Gasteiger partial charge in [0, 0.05) is 7.05 Å². The van der Waals surface area contributed by atoms with Crippen molar-refractivity contribution in [3.63, 3.8) is 0 Å². The van der Waals surface area contributed by atoms with Crippen LogP contribution in [0.25, 0.3) is 0 Å². The molecule has 0 radical (unpaired) electrons. The van der Waals surface area contributed by atoms with Crippen molar-refractivity contribution in [2.45, 2.75) is 37.9 Å². The molecule has 1 saturated carbocycles. The lowest BCUT2D eigenvalue weighted by Gasteiger charge is -2.28. The van der Waals surface area contributed by atoms with Crippen LogP contribution in [0.15, 0.2) is 18.2 Å². The second-order valence-corrected chi connectivity index (χ2v) is 6.57. The Morgan fingerprint density at radius 1 is 1.20 bits per heavy atom. The van der Waals surface area contributed by atoms with Gasteiger partial charge in [-0.2, -0.15) is 0 Å². The molecule has 20 heavy (non-hydrogen) atoms. The van der Waals surface area contributed by atoms with Gasteiger partial charge in [-0.3, -0.25) is 0 Å². The van der Waals surface area contributed by atoms with Gasteiger partial charge in [-0.25, -0.2) is 0 Å². The molecule has 4 nitrogen and oxygen atoms in total.